The molecule has 0 fully saturated rings. The third-order valence-electron chi connectivity index (χ3n) is 3.20. The first-order valence-electron chi connectivity index (χ1n) is 7.22. The zero-order valence-electron chi connectivity index (χ0n) is 12.6. The van der Waals surface area contributed by atoms with Gasteiger partial charge in [0.1, 0.15) is 11.0 Å². The van der Waals surface area contributed by atoms with E-state index in [4.69, 9.17) is 16.7 Å². The lowest BCUT2D eigenvalue weighted by Gasteiger charge is -2.12. The van der Waals surface area contributed by atoms with E-state index in [9.17, 15) is 9.59 Å². The van der Waals surface area contributed by atoms with Crippen molar-refractivity contribution in [2.45, 2.75) is 32.2 Å². The van der Waals surface area contributed by atoms with Crippen LogP contribution in [0.4, 0.5) is 0 Å². The lowest BCUT2D eigenvalue weighted by atomic mass is 10.1. The van der Waals surface area contributed by atoms with Crippen molar-refractivity contribution in [2.24, 2.45) is 0 Å². The number of nitrogens with zero attached hydrogens (tertiary/aromatic N) is 1. The Kier molecular flexibility index (Phi) is 6.12. The van der Waals surface area contributed by atoms with Crippen molar-refractivity contribution >= 4 is 34.8 Å². The quantitative estimate of drug-likeness (QED) is 0.800. The number of hydrogen-bond acceptors (Lipinski definition) is 4. The van der Waals surface area contributed by atoms with Crippen molar-refractivity contribution in [3.05, 3.63) is 40.4 Å². The molecular weight excluding hydrogens is 336 g/mol. The smallest absolute Gasteiger partial charge is 0.326 e. The fourth-order valence-electron chi connectivity index (χ4n) is 2.07. The van der Waals surface area contributed by atoms with Gasteiger partial charge in [-0.15, -0.1) is 11.3 Å². The first-order valence-corrected chi connectivity index (χ1v) is 8.48. The Morgan fingerprint density at radius 1 is 1.35 bits per heavy atom. The molecule has 23 heavy (non-hydrogen) atoms. The molecule has 2 N–H and O–H groups in total. The largest absolute Gasteiger partial charge is 0.480 e. The van der Waals surface area contributed by atoms with Gasteiger partial charge in [-0.3, -0.25) is 4.79 Å². The molecule has 0 bridgehead atoms. The minimum absolute atomic E-state index is 0.0670. The average molecular weight is 353 g/mol. The van der Waals surface area contributed by atoms with Crippen molar-refractivity contribution in [1.82, 2.24) is 10.3 Å². The van der Waals surface area contributed by atoms with Gasteiger partial charge in [0.15, 0.2) is 0 Å². The molecule has 2 aromatic rings. The fraction of sp³-hybridized carbons (Fsp3) is 0.312. The number of amides is 1. The summed E-state index contributed by atoms with van der Waals surface area (Å²) in [5.74, 6) is -1.35. The van der Waals surface area contributed by atoms with Gasteiger partial charge in [0.25, 0.3) is 0 Å². The zero-order valence-corrected chi connectivity index (χ0v) is 14.2. The van der Waals surface area contributed by atoms with Gasteiger partial charge < -0.3 is 10.4 Å². The Morgan fingerprint density at radius 2 is 2.04 bits per heavy atom. The van der Waals surface area contributed by atoms with E-state index in [0.717, 1.165) is 10.6 Å². The highest BCUT2D eigenvalue weighted by molar-refractivity contribution is 7.13. The van der Waals surface area contributed by atoms with Crippen LogP contribution >= 0.6 is 22.9 Å². The van der Waals surface area contributed by atoms with E-state index >= 15 is 0 Å². The number of hydrogen-bond donors (Lipinski definition) is 2. The molecule has 0 radical (unpaired) electrons. The maximum Gasteiger partial charge on any atom is 0.326 e. The standard InChI is InChI=1S/C16H17ClN2O3S/c1-2-3-13(16(21)22)19-14(20)8-12-9-23-15(18-12)10-4-6-11(17)7-5-10/h4-7,9,13H,2-3,8H2,1H3,(H,19,20)(H,21,22). The van der Waals surface area contributed by atoms with Crippen molar-refractivity contribution < 1.29 is 14.7 Å². The predicted molar refractivity (Wildman–Crippen MR) is 90.7 cm³/mol. The van der Waals surface area contributed by atoms with E-state index in [2.05, 4.69) is 10.3 Å². The second-order valence-corrected chi connectivity index (χ2v) is 6.37. The normalized spacial score (nSPS) is 11.9. The van der Waals surface area contributed by atoms with E-state index < -0.39 is 12.0 Å². The molecule has 0 saturated carbocycles. The maximum atomic E-state index is 12.0. The van der Waals surface area contributed by atoms with Gasteiger partial charge in [-0.2, -0.15) is 0 Å². The Bertz CT molecular complexity index is 685. The molecule has 1 aromatic heterocycles. The first-order chi connectivity index (χ1) is 11.0. The van der Waals surface area contributed by atoms with E-state index in [1.54, 1.807) is 17.5 Å². The third kappa shape index (κ3) is 5.04. The number of carboxylic acids is 1. The van der Waals surface area contributed by atoms with Crippen LogP contribution in [0.3, 0.4) is 0 Å². The highest BCUT2D eigenvalue weighted by atomic mass is 35.5. The fourth-order valence-corrected chi connectivity index (χ4v) is 3.02. The molecule has 1 atom stereocenters. The molecule has 5 nitrogen and oxygen atoms in total. The number of benzene rings is 1. The molecule has 1 aromatic carbocycles. The molecule has 7 heteroatoms. The number of rotatable bonds is 7. The summed E-state index contributed by atoms with van der Waals surface area (Å²) in [7, 11) is 0. The highest BCUT2D eigenvalue weighted by Gasteiger charge is 2.19. The molecule has 0 spiro atoms. The molecular formula is C16H17ClN2O3S. The summed E-state index contributed by atoms with van der Waals surface area (Å²) in [6, 6.07) is 6.46. The highest BCUT2D eigenvalue weighted by Crippen LogP contribution is 2.25. The molecule has 0 aliphatic carbocycles. The lowest BCUT2D eigenvalue weighted by Crippen LogP contribution is -2.41. The molecule has 1 unspecified atom stereocenters. The molecule has 2 rings (SSSR count). The van der Waals surface area contributed by atoms with Gasteiger partial charge in [0.2, 0.25) is 5.91 Å². The van der Waals surface area contributed by atoms with Crippen molar-refractivity contribution in [3.63, 3.8) is 0 Å². The minimum Gasteiger partial charge on any atom is -0.480 e. The van der Waals surface area contributed by atoms with E-state index in [0.29, 0.717) is 23.6 Å². The summed E-state index contributed by atoms with van der Waals surface area (Å²) < 4.78 is 0. The second-order valence-electron chi connectivity index (χ2n) is 5.07. The summed E-state index contributed by atoms with van der Waals surface area (Å²) in [6.07, 6.45) is 1.17. The monoisotopic (exact) mass is 352 g/mol. The van der Waals surface area contributed by atoms with Crippen LogP contribution in [0.25, 0.3) is 10.6 Å². The van der Waals surface area contributed by atoms with Crippen LogP contribution in [0, 0.1) is 0 Å². The molecule has 122 valence electrons. The molecule has 0 aliphatic heterocycles. The Balaban J connectivity index is 1.99. The van der Waals surface area contributed by atoms with Crippen LogP contribution in [0.15, 0.2) is 29.6 Å². The van der Waals surface area contributed by atoms with Gasteiger partial charge in [-0.25, -0.2) is 9.78 Å². The minimum atomic E-state index is -1.01. The molecule has 1 heterocycles. The van der Waals surface area contributed by atoms with Gasteiger partial charge in [-0.05, 0) is 18.6 Å². The van der Waals surface area contributed by atoms with Crippen LogP contribution in [0.5, 0.6) is 0 Å². The predicted octanol–water partition coefficient (Wildman–Crippen LogP) is 3.38. The lowest BCUT2D eigenvalue weighted by molar-refractivity contribution is -0.141. The number of nitrogens with one attached hydrogen (secondary N) is 1. The van der Waals surface area contributed by atoms with Gasteiger partial charge in [0, 0.05) is 16.0 Å². The SMILES string of the molecule is CCCC(NC(=O)Cc1csc(-c2ccc(Cl)cc2)n1)C(=O)O. The van der Waals surface area contributed by atoms with E-state index in [-0.39, 0.29) is 12.3 Å². The van der Waals surface area contributed by atoms with Crippen LogP contribution in [-0.4, -0.2) is 28.0 Å². The summed E-state index contributed by atoms with van der Waals surface area (Å²) in [6.45, 7) is 1.88. The van der Waals surface area contributed by atoms with Crippen LogP contribution in [0.1, 0.15) is 25.5 Å². The first kappa shape index (κ1) is 17.4. The average Bonchev–Trinajstić information content (AvgIpc) is 2.95. The van der Waals surface area contributed by atoms with Crippen molar-refractivity contribution in [3.8, 4) is 10.6 Å². The Hall–Kier alpha value is -1.92. The number of carbonyl (C=O) groups excluding carboxylic acids is 1. The Labute approximate surface area is 143 Å². The molecule has 0 aliphatic rings. The second kappa shape index (κ2) is 8.08. The van der Waals surface area contributed by atoms with Crippen molar-refractivity contribution in [1.29, 1.82) is 0 Å². The number of carbonyl (C=O) groups is 2. The topological polar surface area (TPSA) is 79.3 Å². The zero-order chi connectivity index (χ0) is 16.8. The van der Waals surface area contributed by atoms with Crippen molar-refractivity contribution in [2.75, 3.05) is 0 Å². The summed E-state index contributed by atoms with van der Waals surface area (Å²) >= 11 is 7.29. The maximum absolute atomic E-state index is 12.0. The summed E-state index contributed by atoms with van der Waals surface area (Å²) in [5, 5.41) is 14.8. The van der Waals surface area contributed by atoms with Crippen LogP contribution in [0.2, 0.25) is 5.02 Å². The number of thiazole rings is 1. The van der Waals surface area contributed by atoms with Gasteiger partial charge >= 0.3 is 5.97 Å². The van der Waals surface area contributed by atoms with E-state index in [1.165, 1.54) is 11.3 Å². The molecule has 0 saturated heterocycles. The van der Waals surface area contributed by atoms with Crippen LogP contribution in [-0.2, 0) is 16.0 Å². The summed E-state index contributed by atoms with van der Waals surface area (Å²) in [4.78, 5) is 27.4. The number of aliphatic carboxylic acids is 1. The van der Waals surface area contributed by atoms with E-state index in [1.807, 2.05) is 19.1 Å². The summed E-state index contributed by atoms with van der Waals surface area (Å²) in [5.41, 5.74) is 1.55. The van der Waals surface area contributed by atoms with Gasteiger partial charge in [-0.1, -0.05) is 37.1 Å². The number of aromatic nitrogens is 1. The third-order valence-corrected chi connectivity index (χ3v) is 4.39. The van der Waals surface area contributed by atoms with Crippen LogP contribution < -0.4 is 5.32 Å². The van der Waals surface area contributed by atoms with Gasteiger partial charge in [0.05, 0.1) is 12.1 Å². The number of carboxylic acid groups (broad SMARTS) is 1. The number of halogens is 1. The Morgan fingerprint density at radius 3 is 2.65 bits per heavy atom. The molecule has 1 amide bonds.